The van der Waals surface area contributed by atoms with Crippen LogP contribution in [0.15, 0.2) is 24.3 Å². The minimum absolute atomic E-state index is 0.171. The number of carboxylic acids is 1. The van der Waals surface area contributed by atoms with Gasteiger partial charge < -0.3 is 19.1 Å². The van der Waals surface area contributed by atoms with E-state index in [0.29, 0.717) is 11.0 Å². The SMILES string of the molecule is C/C=C/CCC/C=C/CC(=O)OC(CC(=O)[O-])C[N+](C)(C)C. The van der Waals surface area contributed by atoms with Crippen LogP contribution in [-0.2, 0) is 14.3 Å². The van der Waals surface area contributed by atoms with E-state index in [2.05, 4.69) is 6.08 Å². The number of hydrogen-bond acceptors (Lipinski definition) is 4. The van der Waals surface area contributed by atoms with Crippen LogP contribution < -0.4 is 5.11 Å². The average molecular weight is 311 g/mol. The molecule has 0 aliphatic carbocycles. The molecule has 0 amide bonds. The third-order valence-corrected chi connectivity index (χ3v) is 2.87. The first kappa shape index (κ1) is 20.4. The number of unbranched alkanes of at least 4 members (excludes halogenated alkanes) is 2. The van der Waals surface area contributed by atoms with Gasteiger partial charge in [-0.3, -0.25) is 4.79 Å². The molecule has 1 unspecified atom stereocenters. The largest absolute Gasteiger partial charge is 0.550 e. The van der Waals surface area contributed by atoms with Gasteiger partial charge >= 0.3 is 5.97 Å². The third kappa shape index (κ3) is 13.4. The zero-order valence-electron chi connectivity index (χ0n) is 14.2. The highest BCUT2D eigenvalue weighted by Crippen LogP contribution is 2.06. The Morgan fingerprint density at radius 3 is 2.32 bits per heavy atom. The van der Waals surface area contributed by atoms with Gasteiger partial charge in [0.15, 0.2) is 6.10 Å². The Kier molecular flexibility index (Phi) is 10.2. The van der Waals surface area contributed by atoms with Gasteiger partial charge in [0.1, 0.15) is 6.54 Å². The zero-order valence-corrected chi connectivity index (χ0v) is 14.2. The Morgan fingerprint density at radius 1 is 1.14 bits per heavy atom. The van der Waals surface area contributed by atoms with E-state index in [1.807, 2.05) is 40.2 Å². The summed E-state index contributed by atoms with van der Waals surface area (Å²) >= 11 is 0. The minimum atomic E-state index is -1.20. The Bertz CT molecular complexity index is 394. The van der Waals surface area contributed by atoms with Gasteiger partial charge in [0.2, 0.25) is 0 Å². The lowest BCUT2D eigenvalue weighted by atomic mass is 10.2. The summed E-state index contributed by atoms with van der Waals surface area (Å²) in [6.45, 7) is 2.43. The molecule has 1 atom stereocenters. The van der Waals surface area contributed by atoms with Gasteiger partial charge in [-0.05, 0) is 26.2 Å². The molecule has 0 aromatic carbocycles. The number of nitrogens with zero attached hydrogens (tertiary/aromatic N) is 1. The number of carbonyl (C=O) groups is 2. The number of aliphatic carboxylic acids is 1. The molecule has 0 heterocycles. The van der Waals surface area contributed by atoms with Crippen molar-refractivity contribution < 1.29 is 23.9 Å². The number of rotatable bonds is 11. The lowest BCUT2D eigenvalue weighted by Crippen LogP contribution is -2.45. The number of hydrogen-bond donors (Lipinski definition) is 0. The van der Waals surface area contributed by atoms with E-state index < -0.39 is 18.0 Å². The van der Waals surface area contributed by atoms with Gasteiger partial charge in [-0.1, -0.05) is 24.3 Å². The summed E-state index contributed by atoms with van der Waals surface area (Å²) in [5, 5.41) is 10.7. The maximum absolute atomic E-state index is 11.8. The van der Waals surface area contributed by atoms with E-state index in [1.165, 1.54) is 0 Å². The summed E-state index contributed by atoms with van der Waals surface area (Å²) in [6, 6.07) is 0. The molecule has 0 fully saturated rings. The fourth-order valence-electron chi connectivity index (χ4n) is 1.99. The van der Waals surface area contributed by atoms with E-state index in [1.54, 1.807) is 6.08 Å². The summed E-state index contributed by atoms with van der Waals surface area (Å²) in [7, 11) is 5.75. The van der Waals surface area contributed by atoms with Crippen LogP contribution in [-0.4, -0.2) is 50.2 Å². The second-order valence-corrected chi connectivity index (χ2v) is 6.34. The molecule has 0 bridgehead atoms. The molecule has 0 N–H and O–H groups in total. The molecule has 0 saturated carbocycles. The number of quaternary nitrogens is 1. The molecule has 0 rings (SSSR count). The summed E-state index contributed by atoms with van der Waals surface area (Å²) in [5.74, 6) is -1.60. The molecule has 0 saturated heterocycles. The number of carbonyl (C=O) groups excluding carboxylic acids is 2. The number of likely N-dealkylation sites (N-methyl/N-ethyl adjacent to an activating group) is 1. The Balaban J connectivity index is 4.16. The monoisotopic (exact) mass is 311 g/mol. The zero-order chi connectivity index (χ0) is 17.0. The van der Waals surface area contributed by atoms with Gasteiger partial charge in [0, 0.05) is 12.4 Å². The predicted molar refractivity (Wildman–Crippen MR) is 84.8 cm³/mol. The number of esters is 1. The van der Waals surface area contributed by atoms with Crippen LogP contribution in [0.3, 0.4) is 0 Å². The molecule has 0 radical (unpaired) electrons. The molecule has 5 nitrogen and oxygen atoms in total. The van der Waals surface area contributed by atoms with Gasteiger partial charge in [-0.15, -0.1) is 0 Å². The third-order valence-electron chi connectivity index (χ3n) is 2.87. The van der Waals surface area contributed by atoms with Crippen molar-refractivity contribution in [2.45, 2.75) is 45.1 Å². The fourth-order valence-corrected chi connectivity index (χ4v) is 1.99. The van der Waals surface area contributed by atoms with Crippen LogP contribution in [0.25, 0.3) is 0 Å². The molecule has 0 aromatic heterocycles. The maximum atomic E-state index is 11.8. The van der Waals surface area contributed by atoms with Crippen LogP contribution >= 0.6 is 0 Å². The smallest absolute Gasteiger partial charge is 0.310 e. The topological polar surface area (TPSA) is 66.4 Å². The standard InChI is InChI=1S/C17H29NO4/c1-5-6-7-8-9-10-11-12-17(21)22-15(13-16(19)20)14-18(2,3)4/h5-6,10-11,15H,7-9,12-14H2,1-4H3/b6-5+,11-10+. The van der Waals surface area contributed by atoms with Crippen molar-refractivity contribution in [3.05, 3.63) is 24.3 Å². The van der Waals surface area contributed by atoms with Crippen molar-refractivity contribution in [2.24, 2.45) is 0 Å². The maximum Gasteiger partial charge on any atom is 0.310 e. The summed E-state index contributed by atoms with van der Waals surface area (Å²) in [5.41, 5.74) is 0. The molecule has 22 heavy (non-hydrogen) atoms. The van der Waals surface area contributed by atoms with E-state index in [9.17, 15) is 14.7 Å². The summed E-state index contributed by atoms with van der Waals surface area (Å²) in [4.78, 5) is 22.5. The second kappa shape index (κ2) is 11.0. The van der Waals surface area contributed by atoms with Crippen molar-refractivity contribution in [3.8, 4) is 0 Å². The summed E-state index contributed by atoms with van der Waals surface area (Å²) < 4.78 is 5.76. The molecule has 0 spiro atoms. The Hall–Kier alpha value is -1.62. The first-order valence-electron chi connectivity index (χ1n) is 7.70. The molecule has 5 heteroatoms. The molecule has 0 aliphatic heterocycles. The summed E-state index contributed by atoms with van der Waals surface area (Å²) in [6.07, 6.45) is 10.1. The van der Waals surface area contributed by atoms with E-state index in [4.69, 9.17) is 4.74 Å². The van der Waals surface area contributed by atoms with Gasteiger partial charge in [-0.25, -0.2) is 0 Å². The van der Waals surface area contributed by atoms with E-state index in [-0.39, 0.29) is 12.8 Å². The molecule has 126 valence electrons. The predicted octanol–water partition coefficient (Wildman–Crippen LogP) is 1.44. The first-order valence-corrected chi connectivity index (χ1v) is 7.70. The molecule has 0 aromatic rings. The van der Waals surface area contributed by atoms with Gasteiger partial charge in [0.25, 0.3) is 0 Å². The van der Waals surface area contributed by atoms with E-state index >= 15 is 0 Å². The quantitative estimate of drug-likeness (QED) is 0.251. The lowest BCUT2D eigenvalue weighted by Gasteiger charge is -2.29. The lowest BCUT2D eigenvalue weighted by molar-refractivity contribution is -0.873. The van der Waals surface area contributed by atoms with Crippen LogP contribution in [0.5, 0.6) is 0 Å². The van der Waals surface area contributed by atoms with Crippen molar-refractivity contribution in [1.29, 1.82) is 0 Å². The number of ether oxygens (including phenoxy) is 1. The minimum Gasteiger partial charge on any atom is -0.550 e. The highest BCUT2D eigenvalue weighted by Gasteiger charge is 2.21. The normalized spacial score (nSPS) is 13.6. The van der Waals surface area contributed by atoms with Crippen LogP contribution in [0.1, 0.15) is 39.0 Å². The van der Waals surface area contributed by atoms with Crippen LogP contribution in [0.4, 0.5) is 0 Å². The Morgan fingerprint density at radius 2 is 1.77 bits per heavy atom. The number of allylic oxidation sites excluding steroid dienone is 3. The highest BCUT2D eigenvalue weighted by molar-refractivity contribution is 5.72. The van der Waals surface area contributed by atoms with Crippen molar-refractivity contribution in [2.75, 3.05) is 27.7 Å². The second-order valence-electron chi connectivity index (χ2n) is 6.34. The fraction of sp³-hybridized carbons (Fsp3) is 0.647. The van der Waals surface area contributed by atoms with Gasteiger partial charge in [-0.2, -0.15) is 0 Å². The Labute approximate surface area is 133 Å². The van der Waals surface area contributed by atoms with Crippen molar-refractivity contribution in [3.63, 3.8) is 0 Å². The highest BCUT2D eigenvalue weighted by atomic mass is 16.5. The van der Waals surface area contributed by atoms with Crippen LogP contribution in [0, 0.1) is 0 Å². The van der Waals surface area contributed by atoms with Crippen molar-refractivity contribution >= 4 is 11.9 Å². The average Bonchev–Trinajstić information content (AvgIpc) is 2.34. The van der Waals surface area contributed by atoms with E-state index in [0.717, 1.165) is 19.3 Å². The van der Waals surface area contributed by atoms with Crippen LogP contribution in [0.2, 0.25) is 0 Å². The molecular weight excluding hydrogens is 282 g/mol. The molecular formula is C17H29NO4. The first-order chi connectivity index (χ1) is 10.2. The molecule has 0 aliphatic rings. The number of carboxylic acid groups (broad SMARTS) is 1. The van der Waals surface area contributed by atoms with Crippen molar-refractivity contribution in [1.82, 2.24) is 0 Å². The van der Waals surface area contributed by atoms with Gasteiger partial charge in [0.05, 0.1) is 27.6 Å².